The summed E-state index contributed by atoms with van der Waals surface area (Å²) < 4.78 is 20.7. The van der Waals surface area contributed by atoms with Crippen molar-refractivity contribution in [3.05, 3.63) is 96.9 Å². The lowest BCUT2D eigenvalue weighted by Gasteiger charge is -2.00. The quantitative estimate of drug-likeness (QED) is 0.422. The molecule has 0 unspecified atom stereocenters. The fourth-order valence-electron chi connectivity index (χ4n) is 3.31. The number of benzene rings is 3. The van der Waals surface area contributed by atoms with Crippen LogP contribution in [0.1, 0.15) is 0 Å². The molecule has 0 aliphatic rings. The predicted molar refractivity (Wildman–Crippen MR) is 112 cm³/mol. The molecule has 5 aromatic rings. The number of hydrogen-bond donors (Lipinski definition) is 1. The Morgan fingerprint density at radius 3 is 2.33 bits per heavy atom. The Bertz CT molecular complexity index is 1310. The third-order valence-electron chi connectivity index (χ3n) is 4.81. The van der Waals surface area contributed by atoms with E-state index in [-0.39, 0.29) is 11.6 Å². The number of rotatable bonds is 4. The summed E-state index contributed by atoms with van der Waals surface area (Å²) in [4.78, 5) is 0. The van der Waals surface area contributed by atoms with Crippen molar-refractivity contribution < 1.29 is 14.0 Å². The molecule has 0 amide bonds. The van der Waals surface area contributed by atoms with Crippen molar-refractivity contribution >= 4 is 0 Å². The maximum atomic E-state index is 13.4. The van der Waals surface area contributed by atoms with E-state index < -0.39 is 0 Å². The Morgan fingerprint density at radius 2 is 1.57 bits per heavy atom. The molecule has 6 heteroatoms. The smallest absolute Gasteiger partial charge is 0.171 e. The molecule has 0 saturated heterocycles. The molecule has 0 aliphatic carbocycles. The van der Waals surface area contributed by atoms with E-state index in [1.165, 1.54) is 12.1 Å². The number of aromatic hydroxyl groups is 1. The summed E-state index contributed by atoms with van der Waals surface area (Å²) in [6, 6.07) is 24.5. The average molecular weight is 397 g/mol. The van der Waals surface area contributed by atoms with Gasteiger partial charge in [0, 0.05) is 17.8 Å². The number of aromatic nitrogens is 3. The number of phenolic OH excluding ortho intramolecular Hbond substituents is 1. The minimum atomic E-state index is -0.314. The molecule has 5 rings (SSSR count). The van der Waals surface area contributed by atoms with Crippen molar-refractivity contribution in [2.24, 2.45) is 0 Å². The Balaban J connectivity index is 1.65. The molecular formula is C24H16FN3O2. The first-order valence-corrected chi connectivity index (χ1v) is 9.35. The summed E-state index contributed by atoms with van der Waals surface area (Å²) >= 11 is 0. The number of para-hydroxylation sites is 2. The Kier molecular flexibility index (Phi) is 4.37. The second-order valence-corrected chi connectivity index (χ2v) is 6.77. The van der Waals surface area contributed by atoms with E-state index >= 15 is 0 Å². The summed E-state index contributed by atoms with van der Waals surface area (Å²) in [5.74, 6) is 0.241. The van der Waals surface area contributed by atoms with Gasteiger partial charge in [-0.3, -0.25) is 0 Å². The minimum Gasteiger partial charge on any atom is -0.507 e. The SMILES string of the molecule is Oc1ccccc1-c1cc(-c2cn(-c3ccccc3)nc2-c2ccc(F)cc2)no1. The zero-order chi connectivity index (χ0) is 20.5. The van der Waals surface area contributed by atoms with Gasteiger partial charge < -0.3 is 9.63 Å². The average Bonchev–Trinajstić information content (AvgIpc) is 3.43. The first kappa shape index (κ1) is 17.9. The predicted octanol–water partition coefficient (Wildman–Crippen LogP) is 5.71. The summed E-state index contributed by atoms with van der Waals surface area (Å²) in [5, 5.41) is 19.0. The van der Waals surface area contributed by atoms with E-state index in [0.717, 1.165) is 16.8 Å². The number of phenols is 1. The summed E-state index contributed by atoms with van der Waals surface area (Å²) in [6.45, 7) is 0. The van der Waals surface area contributed by atoms with Gasteiger partial charge in [0.25, 0.3) is 0 Å². The molecule has 0 saturated carbocycles. The lowest BCUT2D eigenvalue weighted by Crippen LogP contribution is -1.94. The van der Waals surface area contributed by atoms with Gasteiger partial charge in [-0.2, -0.15) is 5.10 Å². The Morgan fingerprint density at radius 1 is 0.833 bits per heavy atom. The van der Waals surface area contributed by atoms with Crippen LogP contribution in [0.15, 0.2) is 95.6 Å². The highest BCUT2D eigenvalue weighted by molar-refractivity contribution is 5.81. The molecule has 146 valence electrons. The number of nitrogens with zero attached hydrogens (tertiary/aromatic N) is 3. The number of hydrogen-bond acceptors (Lipinski definition) is 4. The van der Waals surface area contributed by atoms with Crippen LogP contribution >= 0.6 is 0 Å². The van der Waals surface area contributed by atoms with Gasteiger partial charge in [-0.05, 0) is 48.5 Å². The van der Waals surface area contributed by atoms with Crippen LogP contribution in [0.2, 0.25) is 0 Å². The number of halogens is 1. The largest absolute Gasteiger partial charge is 0.507 e. The summed E-state index contributed by atoms with van der Waals surface area (Å²) in [6.07, 6.45) is 1.86. The van der Waals surface area contributed by atoms with E-state index in [0.29, 0.717) is 22.7 Å². The summed E-state index contributed by atoms with van der Waals surface area (Å²) in [7, 11) is 0. The van der Waals surface area contributed by atoms with Gasteiger partial charge in [0.05, 0.1) is 16.8 Å². The highest BCUT2D eigenvalue weighted by Crippen LogP contribution is 2.35. The van der Waals surface area contributed by atoms with Gasteiger partial charge in [-0.15, -0.1) is 0 Å². The highest BCUT2D eigenvalue weighted by Gasteiger charge is 2.19. The van der Waals surface area contributed by atoms with E-state index in [1.807, 2.05) is 42.6 Å². The molecule has 0 fully saturated rings. The molecule has 0 bridgehead atoms. The molecule has 0 radical (unpaired) electrons. The lowest BCUT2D eigenvalue weighted by molar-refractivity contribution is 0.428. The van der Waals surface area contributed by atoms with Gasteiger partial charge >= 0.3 is 0 Å². The second-order valence-electron chi connectivity index (χ2n) is 6.77. The van der Waals surface area contributed by atoms with Crippen LogP contribution in [0, 0.1) is 5.82 Å². The summed E-state index contributed by atoms with van der Waals surface area (Å²) in [5.41, 5.74) is 4.14. The minimum absolute atomic E-state index is 0.110. The van der Waals surface area contributed by atoms with E-state index in [4.69, 9.17) is 9.62 Å². The maximum absolute atomic E-state index is 13.4. The van der Waals surface area contributed by atoms with Gasteiger partial charge in [0.1, 0.15) is 23.0 Å². The third kappa shape index (κ3) is 3.24. The van der Waals surface area contributed by atoms with Crippen molar-refractivity contribution in [2.75, 3.05) is 0 Å². The molecule has 0 aliphatic heterocycles. The topological polar surface area (TPSA) is 64.1 Å². The maximum Gasteiger partial charge on any atom is 0.171 e. The van der Waals surface area contributed by atoms with Crippen LogP contribution in [0.25, 0.3) is 39.5 Å². The van der Waals surface area contributed by atoms with Crippen molar-refractivity contribution in [2.45, 2.75) is 0 Å². The Hall–Kier alpha value is -4.19. The van der Waals surface area contributed by atoms with Gasteiger partial charge in [0.2, 0.25) is 0 Å². The normalized spacial score (nSPS) is 11.0. The fraction of sp³-hybridized carbons (Fsp3) is 0. The van der Waals surface area contributed by atoms with Crippen molar-refractivity contribution in [3.63, 3.8) is 0 Å². The lowest BCUT2D eigenvalue weighted by atomic mass is 10.0. The molecule has 30 heavy (non-hydrogen) atoms. The molecular weight excluding hydrogens is 381 g/mol. The van der Waals surface area contributed by atoms with E-state index in [9.17, 15) is 9.50 Å². The molecule has 3 aromatic carbocycles. The molecule has 0 spiro atoms. The van der Waals surface area contributed by atoms with E-state index in [2.05, 4.69) is 5.16 Å². The molecule has 2 aromatic heterocycles. The molecule has 0 atom stereocenters. The Labute approximate surface area is 171 Å². The standard InChI is InChI=1S/C24H16FN3O2/c25-17-12-10-16(11-13-17)24-20(15-28(26-24)18-6-2-1-3-7-18)21-14-23(30-27-21)19-8-4-5-9-22(19)29/h1-15,29H. The first-order chi connectivity index (χ1) is 14.7. The van der Waals surface area contributed by atoms with Crippen molar-refractivity contribution in [3.8, 4) is 45.3 Å². The van der Waals surface area contributed by atoms with Crippen LogP contribution in [0.5, 0.6) is 5.75 Å². The van der Waals surface area contributed by atoms with Crippen molar-refractivity contribution in [1.29, 1.82) is 0 Å². The first-order valence-electron chi connectivity index (χ1n) is 9.35. The van der Waals surface area contributed by atoms with Crippen LogP contribution in [-0.4, -0.2) is 20.0 Å². The van der Waals surface area contributed by atoms with Crippen LogP contribution < -0.4 is 0 Å². The van der Waals surface area contributed by atoms with Crippen LogP contribution in [-0.2, 0) is 0 Å². The van der Waals surface area contributed by atoms with Crippen molar-refractivity contribution in [1.82, 2.24) is 14.9 Å². The second kappa shape index (κ2) is 7.33. The van der Waals surface area contributed by atoms with Gasteiger partial charge in [-0.1, -0.05) is 35.5 Å². The zero-order valence-electron chi connectivity index (χ0n) is 15.7. The van der Waals surface area contributed by atoms with E-state index in [1.54, 1.807) is 41.1 Å². The molecule has 1 N–H and O–H groups in total. The third-order valence-corrected chi connectivity index (χ3v) is 4.81. The van der Waals surface area contributed by atoms with Crippen LogP contribution in [0.4, 0.5) is 4.39 Å². The zero-order valence-corrected chi connectivity index (χ0v) is 15.7. The van der Waals surface area contributed by atoms with Gasteiger partial charge in [0.15, 0.2) is 5.76 Å². The monoisotopic (exact) mass is 397 g/mol. The highest BCUT2D eigenvalue weighted by atomic mass is 19.1. The molecule has 2 heterocycles. The van der Waals surface area contributed by atoms with Gasteiger partial charge in [-0.25, -0.2) is 9.07 Å². The molecule has 5 nitrogen and oxygen atoms in total. The fourth-order valence-corrected chi connectivity index (χ4v) is 3.31. The van der Waals surface area contributed by atoms with Crippen LogP contribution in [0.3, 0.4) is 0 Å².